The second kappa shape index (κ2) is 7.85. The maximum absolute atomic E-state index is 14.7. The van der Waals surface area contributed by atoms with Crippen LogP contribution in [-0.4, -0.2) is 46.0 Å². The van der Waals surface area contributed by atoms with Gasteiger partial charge in [-0.3, -0.25) is 4.79 Å². The number of fused-ring (bicyclic) bond motifs is 1. The summed E-state index contributed by atoms with van der Waals surface area (Å²) < 4.78 is 20.1. The number of carbonyl (C=O) groups is 1. The third-order valence-electron chi connectivity index (χ3n) is 5.92. The van der Waals surface area contributed by atoms with Crippen molar-refractivity contribution in [3.05, 3.63) is 64.8 Å². The van der Waals surface area contributed by atoms with Crippen molar-refractivity contribution in [3.8, 4) is 16.5 Å². The zero-order valence-electron chi connectivity index (χ0n) is 17.2. The molecule has 1 saturated heterocycles. The Morgan fingerprint density at radius 3 is 2.90 bits per heavy atom. The number of allylic oxidation sites excluding steroid dienone is 1. The highest BCUT2D eigenvalue weighted by atomic mass is 32.1. The molecular formula is C23H21FN4O2S. The molecule has 0 N–H and O–H groups in total. The Hall–Kier alpha value is -3.13. The van der Waals surface area contributed by atoms with Crippen LogP contribution in [0.5, 0.6) is 5.88 Å². The summed E-state index contributed by atoms with van der Waals surface area (Å²) in [6.07, 6.45) is 6.31. The van der Waals surface area contributed by atoms with Crippen LogP contribution in [0.25, 0.3) is 16.1 Å². The van der Waals surface area contributed by atoms with Crippen molar-refractivity contribution in [2.45, 2.75) is 13.3 Å². The Kier molecular flexibility index (Phi) is 5.02. The highest BCUT2D eigenvalue weighted by Crippen LogP contribution is 2.43. The van der Waals surface area contributed by atoms with Gasteiger partial charge in [0.05, 0.1) is 24.6 Å². The number of amides is 1. The maximum Gasteiger partial charge on any atom is 0.257 e. The van der Waals surface area contributed by atoms with Crippen LogP contribution in [0.1, 0.15) is 28.2 Å². The third kappa shape index (κ3) is 3.50. The first kappa shape index (κ1) is 19.8. The molecule has 5 rings (SSSR count). The topological polar surface area (TPSA) is 68.2 Å². The smallest absolute Gasteiger partial charge is 0.257 e. The Bertz CT molecular complexity index is 1180. The number of benzene rings is 1. The van der Waals surface area contributed by atoms with Gasteiger partial charge >= 0.3 is 0 Å². The van der Waals surface area contributed by atoms with Crippen molar-refractivity contribution in [1.82, 2.24) is 19.9 Å². The van der Waals surface area contributed by atoms with Crippen molar-refractivity contribution in [1.29, 1.82) is 0 Å². The summed E-state index contributed by atoms with van der Waals surface area (Å²) >= 11 is 1.40. The molecule has 8 heteroatoms. The molecular weight excluding hydrogens is 415 g/mol. The largest absolute Gasteiger partial charge is 0.479 e. The molecule has 1 fully saturated rings. The number of carbonyl (C=O) groups excluding carboxylic acids is 1. The lowest BCUT2D eigenvalue weighted by molar-refractivity contribution is 0.0781. The number of aryl methyl sites for hydroxylation is 1. The SMILES string of the molecule is COc1ncc(C)nc1C1=CC2CN(C(=O)c3c(F)cccc3-c3nccs3)CC2C1. The normalized spacial score (nSPS) is 20.0. The van der Waals surface area contributed by atoms with Crippen molar-refractivity contribution in [2.24, 2.45) is 11.8 Å². The lowest BCUT2D eigenvalue weighted by Crippen LogP contribution is -2.30. The Labute approximate surface area is 183 Å². The van der Waals surface area contributed by atoms with Gasteiger partial charge in [-0.25, -0.2) is 19.3 Å². The van der Waals surface area contributed by atoms with Gasteiger partial charge in [0.15, 0.2) is 0 Å². The minimum absolute atomic E-state index is 0.104. The van der Waals surface area contributed by atoms with E-state index in [0.717, 1.165) is 23.4 Å². The van der Waals surface area contributed by atoms with E-state index in [2.05, 4.69) is 21.0 Å². The Morgan fingerprint density at radius 2 is 2.16 bits per heavy atom. The summed E-state index contributed by atoms with van der Waals surface area (Å²) in [5, 5.41) is 2.47. The second-order valence-electron chi connectivity index (χ2n) is 7.90. The summed E-state index contributed by atoms with van der Waals surface area (Å²) in [5.74, 6) is 0.220. The van der Waals surface area contributed by atoms with E-state index >= 15 is 0 Å². The van der Waals surface area contributed by atoms with Gasteiger partial charge in [-0.15, -0.1) is 11.3 Å². The van der Waals surface area contributed by atoms with Gasteiger partial charge in [0, 0.05) is 30.2 Å². The molecule has 3 aromatic rings. The lowest BCUT2D eigenvalue weighted by atomic mass is 9.99. The van der Waals surface area contributed by atoms with E-state index in [1.54, 1.807) is 36.5 Å². The molecule has 1 aliphatic heterocycles. The number of hydrogen-bond acceptors (Lipinski definition) is 6. The van der Waals surface area contributed by atoms with Crippen LogP contribution >= 0.6 is 11.3 Å². The molecule has 158 valence electrons. The summed E-state index contributed by atoms with van der Waals surface area (Å²) in [6, 6.07) is 4.71. The average Bonchev–Trinajstić information content (AvgIpc) is 3.49. The molecule has 2 aromatic heterocycles. The number of halogens is 1. The van der Waals surface area contributed by atoms with Gasteiger partial charge < -0.3 is 9.64 Å². The van der Waals surface area contributed by atoms with E-state index < -0.39 is 5.82 Å². The monoisotopic (exact) mass is 436 g/mol. The lowest BCUT2D eigenvalue weighted by Gasteiger charge is -2.19. The van der Waals surface area contributed by atoms with Gasteiger partial charge in [0.1, 0.15) is 16.5 Å². The highest BCUT2D eigenvalue weighted by molar-refractivity contribution is 7.13. The molecule has 0 bridgehead atoms. The number of aromatic nitrogens is 3. The molecule has 1 amide bonds. The summed E-state index contributed by atoms with van der Waals surface area (Å²) in [7, 11) is 1.59. The molecule has 1 aromatic carbocycles. The van der Waals surface area contributed by atoms with E-state index in [9.17, 15) is 9.18 Å². The van der Waals surface area contributed by atoms with Gasteiger partial charge in [-0.2, -0.15) is 0 Å². The fraction of sp³-hybridized carbons (Fsp3) is 0.304. The fourth-order valence-corrected chi connectivity index (χ4v) is 5.18. The molecule has 31 heavy (non-hydrogen) atoms. The molecule has 1 aliphatic carbocycles. The van der Waals surface area contributed by atoms with Crippen molar-refractivity contribution >= 4 is 22.8 Å². The summed E-state index contributed by atoms with van der Waals surface area (Å²) in [4.78, 5) is 28.3. The Morgan fingerprint density at radius 1 is 1.29 bits per heavy atom. The van der Waals surface area contributed by atoms with E-state index in [1.165, 1.54) is 17.4 Å². The number of methoxy groups -OCH3 is 1. The fourth-order valence-electron chi connectivity index (χ4n) is 4.51. The number of hydrogen-bond donors (Lipinski definition) is 0. The van der Waals surface area contributed by atoms with Gasteiger partial charge in [0.25, 0.3) is 5.91 Å². The van der Waals surface area contributed by atoms with Crippen LogP contribution in [0.2, 0.25) is 0 Å². The first-order valence-corrected chi connectivity index (χ1v) is 11.0. The molecule has 2 aliphatic rings. The van der Waals surface area contributed by atoms with E-state index in [1.807, 2.05) is 12.3 Å². The number of nitrogens with zero attached hydrogens (tertiary/aromatic N) is 4. The van der Waals surface area contributed by atoms with E-state index in [4.69, 9.17) is 4.74 Å². The molecule has 0 radical (unpaired) electrons. The minimum Gasteiger partial charge on any atom is -0.479 e. The van der Waals surface area contributed by atoms with E-state index in [0.29, 0.717) is 29.5 Å². The molecule has 3 heterocycles. The van der Waals surface area contributed by atoms with Crippen molar-refractivity contribution in [3.63, 3.8) is 0 Å². The average molecular weight is 437 g/mol. The first-order chi connectivity index (χ1) is 15.0. The standard InChI is InChI=1S/C23H21FN4O2S/c1-13-10-26-21(30-2)20(27-13)14-8-15-11-28(12-16(15)9-14)23(29)19-17(4-3-5-18(19)24)22-25-6-7-31-22/h3-8,10,15-16H,9,11-12H2,1-2H3. The molecule has 2 atom stereocenters. The second-order valence-corrected chi connectivity index (χ2v) is 8.79. The molecule has 2 unspecified atom stereocenters. The first-order valence-electron chi connectivity index (χ1n) is 10.1. The maximum atomic E-state index is 14.7. The minimum atomic E-state index is -0.509. The highest BCUT2D eigenvalue weighted by Gasteiger charge is 2.40. The van der Waals surface area contributed by atoms with Gasteiger partial charge in [-0.05, 0) is 36.8 Å². The number of ether oxygens (including phenoxy) is 1. The van der Waals surface area contributed by atoms with Crippen molar-refractivity contribution in [2.75, 3.05) is 20.2 Å². The number of thiazole rings is 1. The molecule has 0 saturated carbocycles. The zero-order chi connectivity index (χ0) is 21.5. The summed E-state index contributed by atoms with van der Waals surface area (Å²) in [6.45, 7) is 3.04. The van der Waals surface area contributed by atoms with Crippen LogP contribution in [0.4, 0.5) is 4.39 Å². The predicted molar refractivity (Wildman–Crippen MR) is 116 cm³/mol. The Balaban J connectivity index is 1.40. The van der Waals surface area contributed by atoms with Gasteiger partial charge in [0.2, 0.25) is 5.88 Å². The number of rotatable bonds is 4. The molecule has 0 spiro atoms. The quantitative estimate of drug-likeness (QED) is 0.612. The third-order valence-corrected chi connectivity index (χ3v) is 6.73. The molecule has 6 nitrogen and oxygen atoms in total. The van der Waals surface area contributed by atoms with Crippen LogP contribution in [0.3, 0.4) is 0 Å². The predicted octanol–water partition coefficient (Wildman–Crippen LogP) is 4.23. The van der Waals surface area contributed by atoms with Crippen molar-refractivity contribution < 1.29 is 13.9 Å². The van der Waals surface area contributed by atoms with Crippen LogP contribution in [0.15, 0.2) is 42.0 Å². The van der Waals surface area contributed by atoms with Gasteiger partial charge in [-0.1, -0.05) is 18.2 Å². The zero-order valence-corrected chi connectivity index (χ0v) is 18.0. The number of likely N-dealkylation sites (tertiary alicyclic amines) is 1. The summed E-state index contributed by atoms with van der Waals surface area (Å²) in [5.41, 5.74) is 3.36. The van der Waals surface area contributed by atoms with E-state index in [-0.39, 0.29) is 23.3 Å². The van der Waals surface area contributed by atoms with Crippen LogP contribution < -0.4 is 4.74 Å². The van der Waals surface area contributed by atoms with Crippen LogP contribution in [0, 0.1) is 24.6 Å². The van der Waals surface area contributed by atoms with Crippen LogP contribution in [-0.2, 0) is 0 Å².